The predicted molar refractivity (Wildman–Crippen MR) is 79.0 cm³/mol. The molecule has 4 N–H and O–H groups in total. The van der Waals surface area contributed by atoms with Crippen LogP contribution >= 0.6 is 0 Å². The number of fused-ring (bicyclic) bond motifs is 2. The van der Waals surface area contributed by atoms with Crippen molar-refractivity contribution in [1.29, 1.82) is 0 Å². The van der Waals surface area contributed by atoms with E-state index in [1.54, 1.807) is 12.1 Å². The maximum Gasteiger partial charge on any atom is 0.161 e. The topological polar surface area (TPSA) is 72.7 Å². The molecule has 1 aliphatic heterocycles. The predicted octanol–water partition coefficient (Wildman–Crippen LogP) is 2.25. The van der Waals surface area contributed by atoms with Gasteiger partial charge >= 0.3 is 0 Å². The van der Waals surface area contributed by atoms with Crippen LogP contribution < -0.4 is 5.32 Å². The van der Waals surface area contributed by atoms with Crippen LogP contribution in [0.5, 0.6) is 17.2 Å². The number of aromatic hydroxyl groups is 3. The molecule has 0 saturated carbocycles. The second-order valence-electron chi connectivity index (χ2n) is 5.94. The summed E-state index contributed by atoms with van der Waals surface area (Å²) in [4.78, 5) is 0. The summed E-state index contributed by atoms with van der Waals surface area (Å²) in [5, 5.41) is 33.5. The highest BCUT2D eigenvalue weighted by molar-refractivity contribution is 5.63. The Kier molecular flexibility index (Phi) is 2.48. The van der Waals surface area contributed by atoms with Gasteiger partial charge in [0.1, 0.15) is 5.75 Å². The first-order chi connectivity index (χ1) is 10.1. The summed E-state index contributed by atoms with van der Waals surface area (Å²) in [6.45, 7) is 3.43. The minimum absolute atomic E-state index is 0.0160. The molecule has 1 atom stereocenters. The Bertz CT molecular complexity index is 767. The Morgan fingerprint density at radius 1 is 1.05 bits per heavy atom. The van der Waals surface area contributed by atoms with Crippen LogP contribution in [-0.2, 0) is 13.0 Å². The van der Waals surface area contributed by atoms with Crippen molar-refractivity contribution < 1.29 is 15.3 Å². The molecule has 0 aromatic heterocycles. The lowest BCUT2D eigenvalue weighted by Crippen LogP contribution is -2.32. The molecule has 4 nitrogen and oxygen atoms in total. The van der Waals surface area contributed by atoms with Gasteiger partial charge in [0.25, 0.3) is 0 Å². The Morgan fingerprint density at radius 3 is 2.67 bits per heavy atom. The quantitative estimate of drug-likeness (QED) is 0.560. The maximum atomic E-state index is 10.2. The monoisotopic (exact) mass is 283 g/mol. The molecule has 0 spiro atoms. The molecule has 0 amide bonds. The van der Waals surface area contributed by atoms with E-state index in [2.05, 4.69) is 5.32 Å². The van der Waals surface area contributed by atoms with Gasteiger partial charge in [-0.1, -0.05) is 6.07 Å². The normalized spacial score (nSPS) is 19.0. The lowest BCUT2D eigenvalue weighted by atomic mass is 9.72. The lowest BCUT2D eigenvalue weighted by molar-refractivity contribution is 0.397. The molecular formula is C17H17NO3. The molecule has 2 aromatic rings. The van der Waals surface area contributed by atoms with Crippen molar-refractivity contribution in [3.05, 3.63) is 51.6 Å². The fourth-order valence-corrected chi connectivity index (χ4v) is 3.79. The number of hydrogen-bond donors (Lipinski definition) is 4. The average Bonchev–Trinajstić information content (AvgIpc) is 2.48. The van der Waals surface area contributed by atoms with Gasteiger partial charge in [0.15, 0.2) is 11.5 Å². The Morgan fingerprint density at radius 2 is 1.86 bits per heavy atom. The molecule has 2 aliphatic rings. The van der Waals surface area contributed by atoms with Gasteiger partial charge < -0.3 is 20.6 Å². The molecule has 1 heterocycles. The molecule has 1 aliphatic carbocycles. The van der Waals surface area contributed by atoms with Crippen LogP contribution in [0.15, 0.2) is 18.2 Å². The Balaban J connectivity index is 2.03. The fourth-order valence-electron chi connectivity index (χ4n) is 3.79. The van der Waals surface area contributed by atoms with Crippen molar-refractivity contribution >= 4 is 0 Å². The maximum absolute atomic E-state index is 10.2. The van der Waals surface area contributed by atoms with Crippen molar-refractivity contribution in [2.45, 2.75) is 25.8 Å². The number of aryl methyl sites for hydroxylation is 1. The summed E-state index contributed by atoms with van der Waals surface area (Å²) in [5.41, 5.74) is 6.20. The molecule has 0 radical (unpaired) electrons. The molecule has 1 unspecified atom stereocenters. The van der Waals surface area contributed by atoms with Crippen LogP contribution in [-0.4, -0.2) is 21.9 Å². The average molecular weight is 283 g/mol. The third kappa shape index (κ3) is 1.59. The van der Waals surface area contributed by atoms with E-state index in [0.717, 1.165) is 28.8 Å². The SMILES string of the molecule is Cc1cc(O)c2c3c1Cc1c(ccc(O)c1O)C3CNC2. The zero-order valence-corrected chi connectivity index (χ0v) is 11.8. The number of benzene rings is 2. The van der Waals surface area contributed by atoms with Gasteiger partial charge in [0, 0.05) is 36.6 Å². The van der Waals surface area contributed by atoms with Gasteiger partial charge in [-0.05, 0) is 41.3 Å². The largest absolute Gasteiger partial charge is 0.508 e. The van der Waals surface area contributed by atoms with E-state index in [1.807, 2.05) is 13.0 Å². The zero-order valence-electron chi connectivity index (χ0n) is 11.8. The van der Waals surface area contributed by atoms with Crippen LogP contribution in [0.4, 0.5) is 0 Å². The Labute approximate surface area is 122 Å². The molecule has 4 heteroatoms. The summed E-state index contributed by atoms with van der Waals surface area (Å²) >= 11 is 0. The standard InChI is InChI=1S/C17H17NO3/c1-8-4-15(20)13-7-18-6-12-9-2-3-14(19)17(21)11(9)5-10(8)16(12)13/h2-4,12,18-21H,5-7H2,1H3. The summed E-state index contributed by atoms with van der Waals surface area (Å²) in [6.07, 6.45) is 0.598. The number of phenolic OH excluding ortho intramolecular Hbond substituents is 3. The van der Waals surface area contributed by atoms with E-state index in [-0.39, 0.29) is 17.4 Å². The van der Waals surface area contributed by atoms with E-state index < -0.39 is 0 Å². The van der Waals surface area contributed by atoms with E-state index in [1.165, 1.54) is 11.1 Å². The molecule has 0 saturated heterocycles. The van der Waals surface area contributed by atoms with E-state index in [4.69, 9.17) is 0 Å². The number of rotatable bonds is 0. The molecule has 0 fully saturated rings. The van der Waals surface area contributed by atoms with Crippen molar-refractivity contribution in [3.8, 4) is 17.2 Å². The molecule has 0 bridgehead atoms. The molecule has 2 aromatic carbocycles. The van der Waals surface area contributed by atoms with Crippen LogP contribution in [0.1, 0.15) is 39.3 Å². The third-order valence-corrected chi connectivity index (χ3v) is 4.81. The van der Waals surface area contributed by atoms with Crippen LogP contribution in [0, 0.1) is 6.92 Å². The van der Waals surface area contributed by atoms with Gasteiger partial charge in [-0.15, -0.1) is 0 Å². The number of nitrogens with one attached hydrogen (secondary N) is 1. The van der Waals surface area contributed by atoms with Gasteiger partial charge in [0.2, 0.25) is 0 Å². The minimum atomic E-state index is -0.0716. The van der Waals surface area contributed by atoms with E-state index >= 15 is 0 Å². The third-order valence-electron chi connectivity index (χ3n) is 4.81. The first-order valence-corrected chi connectivity index (χ1v) is 7.16. The van der Waals surface area contributed by atoms with Crippen molar-refractivity contribution in [2.24, 2.45) is 0 Å². The van der Waals surface area contributed by atoms with Gasteiger partial charge in [-0.25, -0.2) is 0 Å². The summed E-state index contributed by atoms with van der Waals surface area (Å²) in [7, 11) is 0. The smallest absolute Gasteiger partial charge is 0.161 e. The van der Waals surface area contributed by atoms with Crippen LogP contribution in [0.2, 0.25) is 0 Å². The number of hydrogen-bond acceptors (Lipinski definition) is 4. The number of phenols is 3. The van der Waals surface area contributed by atoms with E-state index in [9.17, 15) is 15.3 Å². The summed E-state index contributed by atoms with van der Waals surface area (Å²) < 4.78 is 0. The van der Waals surface area contributed by atoms with Gasteiger partial charge in [-0.2, -0.15) is 0 Å². The first kappa shape index (κ1) is 12.5. The zero-order chi connectivity index (χ0) is 14.7. The first-order valence-electron chi connectivity index (χ1n) is 7.16. The lowest BCUT2D eigenvalue weighted by Gasteiger charge is -2.36. The highest BCUT2D eigenvalue weighted by Crippen LogP contribution is 2.47. The van der Waals surface area contributed by atoms with Crippen LogP contribution in [0.25, 0.3) is 0 Å². The minimum Gasteiger partial charge on any atom is -0.508 e. The highest BCUT2D eigenvalue weighted by Gasteiger charge is 2.34. The molecule has 4 rings (SSSR count). The van der Waals surface area contributed by atoms with Gasteiger partial charge in [-0.3, -0.25) is 0 Å². The summed E-state index contributed by atoms with van der Waals surface area (Å²) in [5.74, 6) is 0.370. The van der Waals surface area contributed by atoms with Crippen molar-refractivity contribution in [1.82, 2.24) is 5.32 Å². The van der Waals surface area contributed by atoms with Crippen molar-refractivity contribution in [3.63, 3.8) is 0 Å². The van der Waals surface area contributed by atoms with E-state index in [0.29, 0.717) is 18.7 Å². The second kappa shape index (κ2) is 4.15. The fraction of sp³-hybridized carbons (Fsp3) is 0.294. The second-order valence-corrected chi connectivity index (χ2v) is 5.94. The molecule has 21 heavy (non-hydrogen) atoms. The summed E-state index contributed by atoms with van der Waals surface area (Å²) in [6, 6.07) is 5.22. The Hall–Kier alpha value is -2.20. The van der Waals surface area contributed by atoms with Gasteiger partial charge in [0.05, 0.1) is 0 Å². The highest BCUT2D eigenvalue weighted by atomic mass is 16.3. The van der Waals surface area contributed by atoms with Crippen LogP contribution in [0.3, 0.4) is 0 Å². The van der Waals surface area contributed by atoms with Crippen molar-refractivity contribution in [2.75, 3.05) is 6.54 Å². The molecule has 108 valence electrons. The molecular weight excluding hydrogens is 266 g/mol.